The summed E-state index contributed by atoms with van der Waals surface area (Å²) in [6, 6.07) is 1.38. The Morgan fingerprint density at radius 2 is 2.03 bits per heavy atom. The quantitative estimate of drug-likeness (QED) is 0.614. The molecule has 0 bridgehead atoms. The molecule has 31 heavy (non-hydrogen) atoms. The molecule has 0 aromatic carbocycles. The van der Waals surface area contributed by atoms with E-state index in [2.05, 4.69) is 9.88 Å². The molecule has 3 aliphatic heterocycles. The number of carbonyl (C=O) groups excluding carboxylic acids is 2. The van der Waals surface area contributed by atoms with Gasteiger partial charge in [0.1, 0.15) is 34.5 Å². The average Bonchev–Trinajstić information content (AvgIpc) is 3.35. The van der Waals surface area contributed by atoms with Crippen molar-refractivity contribution in [2.24, 2.45) is 5.41 Å². The number of fused-ring (bicyclic) bond motifs is 2. The van der Waals surface area contributed by atoms with E-state index in [1.54, 1.807) is 11.0 Å². The number of pyridine rings is 1. The molecule has 5 rings (SSSR count). The first kappa shape index (κ1) is 20.7. The Hall–Kier alpha value is -2.22. The lowest BCUT2D eigenvalue weighted by Crippen LogP contribution is -2.58. The third-order valence-corrected chi connectivity index (χ3v) is 6.86. The van der Waals surface area contributed by atoms with Crippen molar-refractivity contribution >= 4 is 29.4 Å². The van der Waals surface area contributed by atoms with E-state index in [-0.39, 0.29) is 18.0 Å². The van der Waals surface area contributed by atoms with Crippen LogP contribution in [0.2, 0.25) is 5.15 Å². The Bertz CT molecular complexity index is 927. The molecule has 1 aromatic rings. The minimum atomic E-state index is -0.563. The van der Waals surface area contributed by atoms with Gasteiger partial charge in [-0.05, 0) is 45.4 Å². The van der Waals surface area contributed by atoms with Gasteiger partial charge >= 0.3 is 6.09 Å². The summed E-state index contributed by atoms with van der Waals surface area (Å²) in [7, 11) is 0. The lowest BCUT2D eigenvalue weighted by Gasteiger charge is -2.40. The maximum Gasteiger partial charge on any atom is 0.410 e. The van der Waals surface area contributed by atoms with Crippen LogP contribution in [-0.2, 0) is 4.74 Å². The van der Waals surface area contributed by atoms with Crippen molar-refractivity contribution in [1.29, 1.82) is 0 Å². The van der Waals surface area contributed by atoms with Crippen LogP contribution in [0.1, 0.15) is 50.4 Å². The molecule has 1 spiro atoms. The van der Waals surface area contributed by atoms with Gasteiger partial charge in [0.15, 0.2) is 0 Å². The normalized spacial score (nSPS) is 24.5. The van der Waals surface area contributed by atoms with Gasteiger partial charge in [0.25, 0.3) is 5.91 Å². The second-order valence-electron chi connectivity index (χ2n) is 10.2. The highest BCUT2D eigenvalue weighted by Gasteiger charge is 2.49. The molecule has 1 aromatic heterocycles. The van der Waals surface area contributed by atoms with Crippen LogP contribution < -0.4 is 9.64 Å². The van der Waals surface area contributed by atoms with E-state index in [4.69, 9.17) is 21.1 Å². The molecule has 1 atom stereocenters. The molecule has 8 nitrogen and oxygen atoms in total. The van der Waals surface area contributed by atoms with Crippen LogP contribution in [0.15, 0.2) is 6.07 Å². The maximum absolute atomic E-state index is 13.6. The van der Waals surface area contributed by atoms with Crippen LogP contribution in [0.3, 0.4) is 0 Å². The monoisotopic (exact) mass is 448 g/mol. The summed E-state index contributed by atoms with van der Waals surface area (Å²) in [4.78, 5) is 36.4. The Labute approximate surface area is 187 Å². The Kier molecular flexibility index (Phi) is 4.77. The first-order valence-electron chi connectivity index (χ1n) is 11.0. The number of ether oxygens (including phenoxy) is 2. The van der Waals surface area contributed by atoms with E-state index >= 15 is 0 Å². The number of hydrogen-bond donors (Lipinski definition) is 0. The Morgan fingerprint density at radius 1 is 1.26 bits per heavy atom. The Balaban J connectivity index is 1.40. The van der Waals surface area contributed by atoms with Crippen LogP contribution in [0, 0.1) is 5.41 Å². The SMILES string of the molecule is CC(C)(C)OC(=O)N1CCN2C(=O)c3c(cc(Cl)nc3N3CCC4(CC4)C3)OC[C@H]2C1. The molecule has 4 aliphatic rings. The van der Waals surface area contributed by atoms with Crippen LogP contribution in [-0.4, -0.2) is 77.8 Å². The van der Waals surface area contributed by atoms with Crippen molar-refractivity contribution in [2.45, 2.75) is 51.7 Å². The highest BCUT2D eigenvalue weighted by Crippen LogP contribution is 2.54. The van der Waals surface area contributed by atoms with Crippen molar-refractivity contribution in [1.82, 2.24) is 14.8 Å². The number of carbonyl (C=O) groups is 2. The largest absolute Gasteiger partial charge is 0.490 e. The van der Waals surface area contributed by atoms with Gasteiger partial charge in [0, 0.05) is 38.8 Å². The summed E-state index contributed by atoms with van der Waals surface area (Å²) < 4.78 is 11.6. The predicted octanol–water partition coefficient (Wildman–Crippen LogP) is 3.18. The van der Waals surface area contributed by atoms with E-state index in [1.165, 1.54) is 12.8 Å². The van der Waals surface area contributed by atoms with E-state index in [0.717, 1.165) is 19.5 Å². The molecule has 0 N–H and O–H groups in total. The molecule has 4 heterocycles. The summed E-state index contributed by atoms with van der Waals surface area (Å²) in [6.07, 6.45) is 3.25. The minimum Gasteiger partial charge on any atom is -0.490 e. The van der Waals surface area contributed by atoms with Gasteiger partial charge in [-0.25, -0.2) is 9.78 Å². The van der Waals surface area contributed by atoms with Crippen molar-refractivity contribution < 1.29 is 19.1 Å². The van der Waals surface area contributed by atoms with Crippen molar-refractivity contribution in [2.75, 3.05) is 44.2 Å². The molecule has 168 valence electrons. The molecule has 2 saturated heterocycles. The number of piperazine rings is 1. The molecule has 2 amide bonds. The first-order chi connectivity index (χ1) is 14.6. The lowest BCUT2D eigenvalue weighted by atomic mass is 10.1. The Morgan fingerprint density at radius 3 is 2.71 bits per heavy atom. The van der Waals surface area contributed by atoms with Gasteiger partial charge in [0.2, 0.25) is 0 Å². The van der Waals surface area contributed by atoms with Crippen molar-refractivity contribution in [3.63, 3.8) is 0 Å². The fraction of sp³-hybridized carbons (Fsp3) is 0.682. The summed E-state index contributed by atoms with van der Waals surface area (Å²) in [5, 5.41) is 0.327. The summed E-state index contributed by atoms with van der Waals surface area (Å²) in [5.74, 6) is 1.01. The molecular formula is C22H29ClN4O4. The predicted molar refractivity (Wildman–Crippen MR) is 116 cm³/mol. The van der Waals surface area contributed by atoms with E-state index in [9.17, 15) is 9.59 Å². The summed E-state index contributed by atoms with van der Waals surface area (Å²) in [6.45, 7) is 8.85. The lowest BCUT2D eigenvalue weighted by molar-refractivity contribution is 0.000955. The third-order valence-electron chi connectivity index (χ3n) is 6.67. The number of anilines is 1. The first-order valence-corrected chi connectivity index (χ1v) is 11.4. The summed E-state index contributed by atoms with van der Waals surface area (Å²) in [5.41, 5.74) is 0.328. The molecule has 0 radical (unpaired) electrons. The number of aromatic nitrogens is 1. The van der Waals surface area contributed by atoms with Crippen LogP contribution in [0.5, 0.6) is 5.75 Å². The van der Waals surface area contributed by atoms with Gasteiger partial charge < -0.3 is 24.2 Å². The highest BCUT2D eigenvalue weighted by molar-refractivity contribution is 6.30. The maximum atomic E-state index is 13.6. The van der Waals surface area contributed by atoms with Gasteiger partial charge in [-0.1, -0.05) is 11.6 Å². The van der Waals surface area contributed by atoms with Crippen LogP contribution in [0.4, 0.5) is 10.6 Å². The molecule has 0 unspecified atom stereocenters. The average molecular weight is 449 g/mol. The van der Waals surface area contributed by atoms with E-state index in [1.807, 2.05) is 25.7 Å². The van der Waals surface area contributed by atoms with E-state index in [0.29, 0.717) is 53.9 Å². The van der Waals surface area contributed by atoms with Gasteiger partial charge in [0.05, 0.1) is 6.04 Å². The van der Waals surface area contributed by atoms with Crippen LogP contribution in [0.25, 0.3) is 0 Å². The number of nitrogens with zero attached hydrogens (tertiary/aromatic N) is 4. The zero-order valence-electron chi connectivity index (χ0n) is 18.3. The van der Waals surface area contributed by atoms with Crippen molar-refractivity contribution in [3.05, 3.63) is 16.8 Å². The molecule has 1 aliphatic carbocycles. The zero-order chi connectivity index (χ0) is 22.0. The second kappa shape index (κ2) is 7.15. The fourth-order valence-electron chi connectivity index (χ4n) is 4.81. The van der Waals surface area contributed by atoms with Gasteiger partial charge in [-0.15, -0.1) is 0 Å². The summed E-state index contributed by atoms with van der Waals surface area (Å²) >= 11 is 6.31. The number of hydrogen-bond acceptors (Lipinski definition) is 6. The molecule has 1 saturated carbocycles. The van der Waals surface area contributed by atoms with E-state index < -0.39 is 5.60 Å². The number of amides is 2. The van der Waals surface area contributed by atoms with Crippen molar-refractivity contribution in [3.8, 4) is 5.75 Å². The zero-order valence-corrected chi connectivity index (χ0v) is 19.1. The number of rotatable bonds is 1. The minimum absolute atomic E-state index is 0.0998. The smallest absolute Gasteiger partial charge is 0.410 e. The highest BCUT2D eigenvalue weighted by atomic mass is 35.5. The molecular weight excluding hydrogens is 420 g/mol. The topological polar surface area (TPSA) is 75.2 Å². The third kappa shape index (κ3) is 3.90. The molecule has 3 fully saturated rings. The van der Waals surface area contributed by atoms with Gasteiger partial charge in [-0.2, -0.15) is 0 Å². The standard InChI is InChI=1S/C22H29ClN4O4/c1-21(2,3)31-20(29)25-8-9-27-14(11-25)12-30-15-10-16(23)24-18(17(15)19(27)28)26-7-6-22(13-26)4-5-22/h10,14H,4-9,11-13H2,1-3H3/t14-/m1/s1. The molecule has 9 heteroatoms. The fourth-order valence-corrected chi connectivity index (χ4v) is 4.99. The number of halogens is 1. The second-order valence-corrected chi connectivity index (χ2v) is 10.6. The van der Waals surface area contributed by atoms with Gasteiger partial charge in [-0.3, -0.25) is 4.79 Å². The van der Waals surface area contributed by atoms with Crippen LogP contribution >= 0.6 is 11.6 Å².